The van der Waals surface area contributed by atoms with Gasteiger partial charge in [-0.15, -0.1) is 5.10 Å². The minimum atomic E-state index is 0.503. The van der Waals surface area contributed by atoms with E-state index >= 15 is 0 Å². The number of tetrazole rings is 1. The molecule has 0 atom stereocenters. The lowest BCUT2D eigenvalue weighted by atomic mass is 10.1. The van der Waals surface area contributed by atoms with Gasteiger partial charge in [-0.1, -0.05) is 17.7 Å². The van der Waals surface area contributed by atoms with Crippen LogP contribution in [0.2, 0.25) is 5.02 Å². The maximum absolute atomic E-state index is 5.92. The third kappa shape index (κ3) is 1.66. The highest BCUT2D eigenvalue weighted by Gasteiger charge is 2.12. The summed E-state index contributed by atoms with van der Waals surface area (Å²) in [6, 6.07) is 5.41. The molecule has 0 aliphatic carbocycles. The summed E-state index contributed by atoms with van der Waals surface area (Å²) in [5.41, 5.74) is 7.12. The minimum Gasteiger partial charge on any atom is -0.397 e. The van der Waals surface area contributed by atoms with Crippen LogP contribution in [0.3, 0.4) is 0 Å². The van der Waals surface area contributed by atoms with Gasteiger partial charge < -0.3 is 5.73 Å². The Morgan fingerprint density at radius 1 is 1.47 bits per heavy atom. The van der Waals surface area contributed by atoms with Gasteiger partial charge >= 0.3 is 0 Å². The number of halogens is 1. The first-order chi connectivity index (χ1) is 7.24. The van der Waals surface area contributed by atoms with Gasteiger partial charge in [-0.25, -0.2) is 4.68 Å². The molecular formula is C9H10ClN5. The fourth-order valence-electron chi connectivity index (χ4n) is 1.34. The lowest BCUT2D eigenvalue weighted by molar-refractivity contribution is 0.631. The Bertz CT molecular complexity index is 479. The van der Waals surface area contributed by atoms with E-state index in [1.165, 1.54) is 0 Å². The molecule has 0 bridgehead atoms. The van der Waals surface area contributed by atoms with Crippen LogP contribution in [0.25, 0.3) is 11.4 Å². The number of nitrogens with two attached hydrogens (primary N) is 1. The maximum Gasteiger partial charge on any atom is 0.184 e. The molecule has 1 aromatic carbocycles. The van der Waals surface area contributed by atoms with Gasteiger partial charge in [-0.2, -0.15) is 0 Å². The second-order valence-electron chi connectivity index (χ2n) is 3.02. The maximum atomic E-state index is 5.92. The average Bonchev–Trinajstić information content (AvgIpc) is 2.70. The van der Waals surface area contributed by atoms with E-state index in [-0.39, 0.29) is 0 Å². The van der Waals surface area contributed by atoms with Gasteiger partial charge in [0.05, 0.1) is 10.7 Å². The Labute approximate surface area is 91.8 Å². The molecule has 6 heteroatoms. The normalized spacial score (nSPS) is 10.5. The third-order valence-corrected chi connectivity index (χ3v) is 2.45. The van der Waals surface area contributed by atoms with Crippen LogP contribution in [-0.4, -0.2) is 20.2 Å². The Hall–Kier alpha value is -1.62. The number of aromatic nitrogens is 4. The summed E-state index contributed by atoms with van der Waals surface area (Å²) in [5.74, 6) is 0.637. The highest BCUT2D eigenvalue weighted by Crippen LogP contribution is 2.29. The quantitative estimate of drug-likeness (QED) is 0.785. The molecule has 0 saturated heterocycles. The van der Waals surface area contributed by atoms with E-state index in [1.807, 2.05) is 19.1 Å². The Kier molecular flexibility index (Phi) is 2.55. The zero-order valence-electron chi connectivity index (χ0n) is 8.18. The molecule has 2 aromatic rings. The van der Waals surface area contributed by atoms with Gasteiger partial charge in [-0.05, 0) is 29.5 Å². The predicted molar refractivity (Wildman–Crippen MR) is 58.3 cm³/mol. The summed E-state index contributed by atoms with van der Waals surface area (Å²) in [7, 11) is 0. The SMILES string of the molecule is CCn1nnnc1-c1cccc(Cl)c1N. The van der Waals surface area contributed by atoms with Gasteiger partial charge in [0, 0.05) is 12.1 Å². The number of nitrogen functional groups attached to an aromatic ring is 1. The fourth-order valence-corrected chi connectivity index (χ4v) is 1.52. The van der Waals surface area contributed by atoms with Crippen molar-refractivity contribution in [3.8, 4) is 11.4 Å². The summed E-state index contributed by atoms with van der Waals surface area (Å²) in [4.78, 5) is 0. The smallest absolute Gasteiger partial charge is 0.184 e. The fraction of sp³-hybridized carbons (Fsp3) is 0.222. The van der Waals surface area contributed by atoms with Crippen LogP contribution in [-0.2, 0) is 6.54 Å². The zero-order chi connectivity index (χ0) is 10.8. The first kappa shape index (κ1) is 9.92. The molecule has 15 heavy (non-hydrogen) atoms. The Morgan fingerprint density at radius 2 is 2.27 bits per heavy atom. The number of nitrogens with zero attached hydrogens (tertiary/aromatic N) is 4. The Balaban J connectivity index is 2.59. The largest absolute Gasteiger partial charge is 0.397 e. The summed E-state index contributed by atoms with van der Waals surface area (Å²) in [6.45, 7) is 2.65. The molecule has 5 nitrogen and oxygen atoms in total. The first-order valence-electron chi connectivity index (χ1n) is 4.54. The van der Waals surface area contributed by atoms with Crippen LogP contribution < -0.4 is 5.73 Å². The van der Waals surface area contributed by atoms with Gasteiger partial charge in [0.1, 0.15) is 0 Å². The van der Waals surface area contributed by atoms with Gasteiger partial charge in [0.25, 0.3) is 0 Å². The van der Waals surface area contributed by atoms with E-state index in [1.54, 1.807) is 10.7 Å². The van der Waals surface area contributed by atoms with Crippen LogP contribution >= 0.6 is 11.6 Å². The average molecular weight is 224 g/mol. The highest BCUT2D eigenvalue weighted by molar-refractivity contribution is 6.33. The molecule has 1 heterocycles. The summed E-state index contributed by atoms with van der Waals surface area (Å²) in [5, 5.41) is 11.9. The number of hydrogen-bond acceptors (Lipinski definition) is 4. The molecule has 0 amide bonds. The highest BCUT2D eigenvalue weighted by atomic mass is 35.5. The molecule has 2 rings (SSSR count). The molecule has 0 radical (unpaired) electrons. The van der Waals surface area contributed by atoms with E-state index in [0.717, 1.165) is 5.56 Å². The van der Waals surface area contributed by atoms with Crippen molar-refractivity contribution >= 4 is 17.3 Å². The predicted octanol–water partition coefficient (Wildman–Crippen LogP) is 1.60. The number of para-hydroxylation sites is 1. The molecule has 2 N–H and O–H groups in total. The number of benzene rings is 1. The molecule has 0 unspecified atom stereocenters. The standard InChI is InChI=1S/C9H10ClN5/c1-2-15-9(12-13-14-15)6-4-3-5-7(10)8(6)11/h3-5H,2,11H2,1H3. The minimum absolute atomic E-state index is 0.503. The number of aryl methyl sites for hydroxylation is 1. The van der Waals surface area contributed by atoms with E-state index < -0.39 is 0 Å². The van der Waals surface area contributed by atoms with Crippen LogP contribution in [0.1, 0.15) is 6.92 Å². The van der Waals surface area contributed by atoms with Gasteiger partial charge in [-0.3, -0.25) is 0 Å². The molecule has 0 aliphatic rings. The van der Waals surface area contributed by atoms with Crippen LogP contribution in [0.4, 0.5) is 5.69 Å². The zero-order valence-corrected chi connectivity index (χ0v) is 8.94. The van der Waals surface area contributed by atoms with Crippen LogP contribution in [0.15, 0.2) is 18.2 Å². The van der Waals surface area contributed by atoms with Crippen molar-refractivity contribution in [1.29, 1.82) is 0 Å². The molecule has 0 saturated carbocycles. The number of rotatable bonds is 2. The summed E-state index contributed by atoms with van der Waals surface area (Å²) >= 11 is 5.92. The molecule has 0 spiro atoms. The van der Waals surface area contributed by atoms with Crippen molar-refractivity contribution in [2.24, 2.45) is 0 Å². The topological polar surface area (TPSA) is 69.6 Å². The van der Waals surface area contributed by atoms with Crippen LogP contribution in [0, 0.1) is 0 Å². The monoisotopic (exact) mass is 223 g/mol. The molecule has 0 fully saturated rings. The van der Waals surface area contributed by atoms with Crippen molar-refractivity contribution in [3.05, 3.63) is 23.2 Å². The Morgan fingerprint density at radius 3 is 3.00 bits per heavy atom. The van der Waals surface area contributed by atoms with E-state index in [4.69, 9.17) is 17.3 Å². The lowest BCUT2D eigenvalue weighted by Crippen LogP contribution is -2.02. The van der Waals surface area contributed by atoms with Crippen molar-refractivity contribution < 1.29 is 0 Å². The number of anilines is 1. The second kappa shape index (κ2) is 3.86. The molecular weight excluding hydrogens is 214 g/mol. The second-order valence-corrected chi connectivity index (χ2v) is 3.43. The summed E-state index contributed by atoms with van der Waals surface area (Å²) < 4.78 is 1.67. The van der Waals surface area contributed by atoms with Crippen LogP contribution in [0.5, 0.6) is 0 Å². The van der Waals surface area contributed by atoms with E-state index in [2.05, 4.69) is 15.5 Å². The lowest BCUT2D eigenvalue weighted by Gasteiger charge is -2.05. The first-order valence-corrected chi connectivity index (χ1v) is 4.92. The number of hydrogen-bond donors (Lipinski definition) is 1. The molecule has 1 aromatic heterocycles. The molecule has 0 aliphatic heterocycles. The third-order valence-electron chi connectivity index (χ3n) is 2.13. The summed E-state index contributed by atoms with van der Waals surface area (Å²) in [6.07, 6.45) is 0. The van der Waals surface area contributed by atoms with Crippen molar-refractivity contribution in [2.45, 2.75) is 13.5 Å². The van der Waals surface area contributed by atoms with E-state index in [0.29, 0.717) is 23.1 Å². The van der Waals surface area contributed by atoms with E-state index in [9.17, 15) is 0 Å². The molecule has 78 valence electrons. The van der Waals surface area contributed by atoms with Gasteiger partial charge in [0.2, 0.25) is 0 Å². The van der Waals surface area contributed by atoms with Crippen molar-refractivity contribution in [2.75, 3.05) is 5.73 Å². The van der Waals surface area contributed by atoms with Crippen molar-refractivity contribution in [3.63, 3.8) is 0 Å². The van der Waals surface area contributed by atoms with Gasteiger partial charge in [0.15, 0.2) is 5.82 Å². The van der Waals surface area contributed by atoms with Crippen molar-refractivity contribution in [1.82, 2.24) is 20.2 Å².